The topological polar surface area (TPSA) is 319 Å². The summed E-state index contributed by atoms with van der Waals surface area (Å²) in [6, 6.07) is 11.0. The summed E-state index contributed by atoms with van der Waals surface area (Å²) in [7, 11) is 0. The number of H-pyrrole nitrogens is 1. The van der Waals surface area contributed by atoms with Gasteiger partial charge in [-0.15, -0.1) is 0 Å². The number of benzene rings is 2. The zero-order valence-electron chi connectivity index (χ0n) is 50.8. The molecule has 5 aromatic rings. The van der Waals surface area contributed by atoms with Gasteiger partial charge in [-0.2, -0.15) is 0 Å². The fourth-order valence-corrected chi connectivity index (χ4v) is 11.7. The third kappa shape index (κ3) is 16.8. The van der Waals surface area contributed by atoms with Gasteiger partial charge in [0.1, 0.15) is 36.5 Å². The molecule has 3 unspecified atom stereocenters. The molecule has 0 bridgehead atoms. The molecule has 25 heteroatoms. The molecular formula is C62H87N13O12. The summed E-state index contributed by atoms with van der Waals surface area (Å²) in [6.45, 7) is 16.1. The average molecular weight is 1210 g/mol. The smallest absolute Gasteiger partial charge is 0.262 e. The maximum absolute atomic E-state index is 13.1. The van der Waals surface area contributed by atoms with E-state index in [4.69, 9.17) is 23.9 Å². The van der Waals surface area contributed by atoms with Gasteiger partial charge in [0.05, 0.1) is 54.9 Å². The van der Waals surface area contributed by atoms with Crippen molar-refractivity contribution >= 4 is 69.1 Å². The molecule has 472 valence electrons. The summed E-state index contributed by atoms with van der Waals surface area (Å²) < 4.78 is 24.9. The number of aromatic amines is 1. The largest absolute Gasteiger partial charge is 0.387 e. The van der Waals surface area contributed by atoms with E-state index in [1.165, 1.54) is 11.9 Å². The molecule has 6 heterocycles. The molecule has 87 heavy (non-hydrogen) atoms. The maximum Gasteiger partial charge on any atom is 0.262 e. The van der Waals surface area contributed by atoms with Crippen molar-refractivity contribution < 1.29 is 57.9 Å². The van der Waals surface area contributed by atoms with Gasteiger partial charge in [0.15, 0.2) is 23.2 Å². The SMILES string of the molecule is CC(C)N(C[C@H]1O[C@@H](n2cnc3c(NCCCCNC(=O)CCCC(=O)NCCCOCCOCCOCCCNc4ccc5c(c4)C(=O)N(C4CCC(=O)NC4=O)C5=O)ncnc32)C(O)C1O)C1CC(CCc2nc3cc(C(C)(C)C)ccc3[nH]2)C1. The number of imide groups is 2. The molecule has 3 aromatic heterocycles. The molecule has 0 radical (unpaired) electrons. The Morgan fingerprint density at radius 3 is 2.18 bits per heavy atom. The molecule has 0 spiro atoms. The highest BCUT2D eigenvalue weighted by molar-refractivity contribution is 6.23. The van der Waals surface area contributed by atoms with Crippen molar-refractivity contribution in [1.82, 2.24) is 55.2 Å². The number of nitrogens with zero attached hydrogens (tertiary/aromatic N) is 7. The van der Waals surface area contributed by atoms with Gasteiger partial charge in [0, 0.05) is 89.4 Å². The van der Waals surface area contributed by atoms with Crippen molar-refractivity contribution in [2.24, 2.45) is 5.92 Å². The minimum absolute atomic E-state index is 0.0631. The first-order valence-electron chi connectivity index (χ1n) is 31.0. The van der Waals surface area contributed by atoms with E-state index in [9.17, 15) is 39.0 Å². The maximum atomic E-state index is 13.1. The van der Waals surface area contributed by atoms with E-state index in [1.807, 2.05) is 0 Å². The van der Waals surface area contributed by atoms with Crippen molar-refractivity contribution in [3.8, 4) is 0 Å². The van der Waals surface area contributed by atoms with E-state index < -0.39 is 54.2 Å². The number of aryl methyl sites for hydroxylation is 1. The predicted octanol–water partition coefficient (Wildman–Crippen LogP) is 4.68. The number of hydrogen-bond acceptors (Lipinski definition) is 19. The number of imidazole rings is 2. The lowest BCUT2D eigenvalue weighted by Crippen LogP contribution is -2.54. The lowest BCUT2D eigenvalue weighted by atomic mass is 9.76. The first-order valence-corrected chi connectivity index (χ1v) is 31.0. The summed E-state index contributed by atoms with van der Waals surface area (Å²) in [6.07, 6.45) is 7.19. The highest BCUT2D eigenvalue weighted by Crippen LogP contribution is 2.39. The Bertz CT molecular complexity index is 3170. The summed E-state index contributed by atoms with van der Waals surface area (Å²) in [4.78, 5) is 99.9. The number of unbranched alkanes of at least 4 members (excludes halogenated alkanes) is 1. The minimum atomic E-state index is -1.19. The number of amides is 6. The van der Waals surface area contributed by atoms with Gasteiger partial charge in [-0.3, -0.25) is 48.5 Å². The van der Waals surface area contributed by atoms with Crippen LogP contribution in [0.25, 0.3) is 22.2 Å². The normalized spacial score (nSPS) is 21.3. The van der Waals surface area contributed by atoms with Gasteiger partial charge >= 0.3 is 0 Å². The molecule has 3 fully saturated rings. The first kappa shape index (κ1) is 64.5. The van der Waals surface area contributed by atoms with Crippen LogP contribution in [-0.4, -0.2) is 194 Å². The summed E-state index contributed by atoms with van der Waals surface area (Å²) >= 11 is 0. The van der Waals surface area contributed by atoms with Crippen LogP contribution in [0.15, 0.2) is 49.1 Å². The van der Waals surface area contributed by atoms with E-state index >= 15 is 0 Å². The average Bonchev–Trinajstić information content (AvgIpc) is 2.48. The third-order valence-electron chi connectivity index (χ3n) is 16.7. The molecule has 8 N–H and O–H groups in total. The standard InChI is InChI=1S/C62H87N13O12/c1-38(2)73(42-31-39(32-42)13-19-49-70-45-17-14-40(62(3,4)5)33-46(45)71-49)35-48-54(79)55(80)61(87-48)74-37-69-53-56(67-36-68-57(53)74)66-22-7-6-21-64-50(76)11-8-12-51(77)65-24-10-26-85-28-30-86-29-27-84-25-9-23-63-41-15-16-43-44(34-41)60(83)75(59(43)82)47-18-20-52(78)72-58(47)81/h14-17,33-34,36-39,42,47-48,54-55,61,63,79-80H,6-13,18-32,35H2,1-5H3,(H,64,76)(H,65,77)(H,70,71)(H,66,67,68)(H,72,78,81)/t39?,42?,47?,48-,54?,55?,61-/m1/s1. The van der Waals surface area contributed by atoms with Crippen LogP contribution in [0.4, 0.5) is 11.5 Å². The number of carbonyl (C=O) groups excluding carboxylic acids is 6. The molecule has 25 nitrogen and oxygen atoms in total. The molecule has 2 saturated heterocycles. The number of ether oxygens (including phenoxy) is 4. The Labute approximate surface area is 507 Å². The summed E-state index contributed by atoms with van der Waals surface area (Å²) in [5, 5.41) is 37.2. The van der Waals surface area contributed by atoms with Gasteiger partial charge in [-0.05, 0) is 119 Å². The van der Waals surface area contributed by atoms with Gasteiger partial charge in [0.2, 0.25) is 23.6 Å². The van der Waals surface area contributed by atoms with E-state index in [-0.39, 0.29) is 60.1 Å². The lowest BCUT2D eigenvalue weighted by molar-refractivity contribution is -0.136. The summed E-state index contributed by atoms with van der Waals surface area (Å²) in [5.41, 5.74) is 5.54. The van der Waals surface area contributed by atoms with Crippen LogP contribution < -0.4 is 26.6 Å². The van der Waals surface area contributed by atoms with Crippen LogP contribution in [0.2, 0.25) is 0 Å². The highest BCUT2D eigenvalue weighted by Gasteiger charge is 2.47. The van der Waals surface area contributed by atoms with Crippen LogP contribution in [0, 0.1) is 5.92 Å². The number of piperidine rings is 1. The van der Waals surface area contributed by atoms with Crippen LogP contribution in [-0.2, 0) is 50.0 Å². The predicted molar refractivity (Wildman–Crippen MR) is 324 cm³/mol. The Morgan fingerprint density at radius 2 is 1.47 bits per heavy atom. The second kappa shape index (κ2) is 30.3. The number of fused-ring (bicyclic) bond motifs is 3. The second-order valence-corrected chi connectivity index (χ2v) is 24.4. The fraction of sp³-hybridized carbons (Fsp3) is 0.613. The molecule has 5 atom stereocenters. The Balaban J connectivity index is 0.559. The Morgan fingerprint density at radius 1 is 0.793 bits per heavy atom. The number of hydrogen-bond donors (Lipinski definition) is 8. The molecular weight excluding hydrogens is 1120 g/mol. The number of anilines is 2. The van der Waals surface area contributed by atoms with Crippen LogP contribution in [0.5, 0.6) is 0 Å². The van der Waals surface area contributed by atoms with Crippen LogP contribution >= 0.6 is 0 Å². The molecule has 1 saturated carbocycles. The molecule has 1 aliphatic carbocycles. The molecule has 2 aromatic carbocycles. The minimum Gasteiger partial charge on any atom is -0.387 e. The van der Waals surface area contributed by atoms with Crippen LogP contribution in [0.3, 0.4) is 0 Å². The van der Waals surface area contributed by atoms with E-state index in [2.05, 4.69) is 104 Å². The monoisotopic (exact) mass is 1210 g/mol. The van der Waals surface area contributed by atoms with Crippen LogP contribution in [0.1, 0.15) is 150 Å². The summed E-state index contributed by atoms with van der Waals surface area (Å²) in [5.74, 6) is -0.235. The van der Waals surface area contributed by atoms with Crippen molar-refractivity contribution in [1.29, 1.82) is 0 Å². The highest BCUT2D eigenvalue weighted by atomic mass is 16.6. The van der Waals surface area contributed by atoms with E-state index in [0.717, 1.165) is 60.3 Å². The third-order valence-corrected chi connectivity index (χ3v) is 16.7. The van der Waals surface area contributed by atoms with Crippen molar-refractivity contribution in [3.63, 3.8) is 0 Å². The zero-order chi connectivity index (χ0) is 61.6. The van der Waals surface area contributed by atoms with Gasteiger partial charge < -0.3 is 55.4 Å². The Hall–Kier alpha value is -7.00. The van der Waals surface area contributed by atoms with Crippen molar-refractivity contribution in [2.45, 2.75) is 166 Å². The molecule has 4 aliphatic rings. The second-order valence-electron chi connectivity index (χ2n) is 24.4. The fourth-order valence-electron chi connectivity index (χ4n) is 11.7. The molecule has 3 aliphatic heterocycles. The number of rotatable bonds is 34. The van der Waals surface area contributed by atoms with Crippen molar-refractivity contribution in [3.05, 3.63) is 71.6 Å². The van der Waals surface area contributed by atoms with E-state index in [1.54, 1.807) is 29.1 Å². The molecule has 9 rings (SSSR count). The molecule has 6 amide bonds. The lowest BCUT2D eigenvalue weighted by Gasteiger charge is -2.46. The van der Waals surface area contributed by atoms with Gasteiger partial charge in [0.25, 0.3) is 11.8 Å². The number of aromatic nitrogens is 6. The number of aliphatic hydroxyl groups is 2. The Kier molecular flexibility index (Phi) is 22.4. The number of carbonyl (C=O) groups is 6. The van der Waals surface area contributed by atoms with Gasteiger partial charge in [-0.1, -0.05) is 26.8 Å². The zero-order valence-corrected chi connectivity index (χ0v) is 50.8. The van der Waals surface area contributed by atoms with Crippen molar-refractivity contribution in [2.75, 3.05) is 83.0 Å². The van der Waals surface area contributed by atoms with E-state index in [0.29, 0.717) is 126 Å². The number of aliphatic hydroxyl groups excluding tert-OH is 2. The van der Waals surface area contributed by atoms with Gasteiger partial charge in [-0.25, -0.2) is 19.9 Å². The first-order chi connectivity index (χ1) is 41.9. The number of nitrogens with one attached hydrogen (secondary N) is 6. The quantitative estimate of drug-likeness (QED) is 0.0205.